The lowest BCUT2D eigenvalue weighted by Crippen LogP contribution is -1.74. The van der Waals surface area contributed by atoms with Gasteiger partial charge in [-0.2, -0.15) is 0 Å². The van der Waals surface area contributed by atoms with Crippen molar-refractivity contribution < 1.29 is 0 Å². The van der Waals surface area contributed by atoms with Gasteiger partial charge in [-0.05, 0) is 17.5 Å². The number of hydrogen-bond donors (Lipinski definition) is 0. The molecule has 0 radical (unpaired) electrons. The maximum Gasteiger partial charge on any atom is -0.0259 e. The smallest absolute Gasteiger partial charge is 0.0259 e. The lowest BCUT2D eigenvalue weighted by molar-refractivity contribution is 0.816. The number of unbranched alkanes of at least 4 members (excludes halogenated alkanes) is 2. The molecular weight excluding hydrogens is 168 g/mol. The Morgan fingerprint density at radius 1 is 1.14 bits per heavy atom. The first-order chi connectivity index (χ1) is 6.86. The van der Waals surface area contributed by atoms with E-state index in [0.717, 1.165) is 0 Å². The minimum atomic E-state index is 1.18. The molecule has 0 spiro atoms. The third-order valence-corrected chi connectivity index (χ3v) is 2.21. The standard InChI is InChI=1S/C14H18/c1-3-5-6-7-8-14-11-9-13(4-2)10-12-14/h4,7-12H,2-3,5-6H2,1H3. The van der Waals surface area contributed by atoms with Crippen LogP contribution in [-0.4, -0.2) is 0 Å². The highest BCUT2D eigenvalue weighted by atomic mass is 13.9. The zero-order chi connectivity index (χ0) is 10.2. The second-order valence-corrected chi connectivity index (χ2v) is 3.42. The average Bonchev–Trinajstić information content (AvgIpc) is 2.25. The molecule has 0 saturated carbocycles. The molecular formula is C14H18. The maximum absolute atomic E-state index is 3.73. The normalized spacial score (nSPS) is 10.6. The topological polar surface area (TPSA) is 0 Å². The van der Waals surface area contributed by atoms with Crippen LogP contribution in [0, 0.1) is 0 Å². The summed E-state index contributed by atoms with van der Waals surface area (Å²) in [5, 5.41) is 0. The van der Waals surface area contributed by atoms with Crippen LogP contribution in [0.4, 0.5) is 0 Å². The molecule has 74 valence electrons. The molecule has 0 aliphatic carbocycles. The van der Waals surface area contributed by atoms with E-state index in [2.05, 4.69) is 49.9 Å². The maximum atomic E-state index is 3.73. The van der Waals surface area contributed by atoms with Crippen molar-refractivity contribution in [3.8, 4) is 0 Å². The summed E-state index contributed by atoms with van der Waals surface area (Å²) in [7, 11) is 0. The number of hydrogen-bond acceptors (Lipinski definition) is 0. The molecule has 0 aliphatic heterocycles. The highest BCUT2D eigenvalue weighted by molar-refractivity contribution is 5.54. The Kier molecular flexibility index (Phi) is 4.77. The molecule has 1 aromatic rings. The van der Waals surface area contributed by atoms with Gasteiger partial charge in [-0.15, -0.1) is 0 Å². The third kappa shape index (κ3) is 3.61. The quantitative estimate of drug-likeness (QED) is 0.592. The zero-order valence-electron chi connectivity index (χ0n) is 8.87. The molecule has 0 atom stereocenters. The molecule has 0 aromatic heterocycles. The first-order valence-corrected chi connectivity index (χ1v) is 5.26. The molecule has 0 saturated heterocycles. The lowest BCUT2D eigenvalue weighted by atomic mass is 10.1. The van der Waals surface area contributed by atoms with Gasteiger partial charge in [-0.25, -0.2) is 0 Å². The Morgan fingerprint density at radius 2 is 1.79 bits per heavy atom. The highest BCUT2D eigenvalue weighted by Gasteiger charge is 1.86. The summed E-state index contributed by atoms with van der Waals surface area (Å²) in [6.45, 7) is 5.94. The Hall–Kier alpha value is -1.30. The van der Waals surface area contributed by atoms with Crippen molar-refractivity contribution in [2.75, 3.05) is 0 Å². The van der Waals surface area contributed by atoms with Crippen molar-refractivity contribution in [1.82, 2.24) is 0 Å². The van der Waals surface area contributed by atoms with E-state index in [-0.39, 0.29) is 0 Å². The molecule has 0 heteroatoms. The van der Waals surface area contributed by atoms with Gasteiger partial charge in [-0.3, -0.25) is 0 Å². The summed E-state index contributed by atoms with van der Waals surface area (Å²) >= 11 is 0. The molecule has 0 unspecified atom stereocenters. The molecule has 1 aromatic carbocycles. The van der Waals surface area contributed by atoms with Gasteiger partial charge in [0, 0.05) is 0 Å². The molecule has 0 N–H and O–H groups in total. The Labute approximate surface area is 87.0 Å². The fourth-order valence-corrected chi connectivity index (χ4v) is 1.28. The largest absolute Gasteiger partial charge is 0.0985 e. The summed E-state index contributed by atoms with van der Waals surface area (Å²) in [4.78, 5) is 0. The molecule has 0 aliphatic rings. The van der Waals surface area contributed by atoms with Crippen LogP contribution in [0.5, 0.6) is 0 Å². The highest BCUT2D eigenvalue weighted by Crippen LogP contribution is 2.08. The van der Waals surface area contributed by atoms with Crippen LogP contribution < -0.4 is 0 Å². The van der Waals surface area contributed by atoms with Crippen LogP contribution in [-0.2, 0) is 0 Å². The van der Waals surface area contributed by atoms with Crippen molar-refractivity contribution in [1.29, 1.82) is 0 Å². The second kappa shape index (κ2) is 6.20. The number of rotatable bonds is 5. The first-order valence-electron chi connectivity index (χ1n) is 5.26. The molecule has 0 nitrogen and oxygen atoms in total. The van der Waals surface area contributed by atoms with Gasteiger partial charge in [0.25, 0.3) is 0 Å². The minimum absolute atomic E-state index is 1.18. The van der Waals surface area contributed by atoms with E-state index in [9.17, 15) is 0 Å². The van der Waals surface area contributed by atoms with Crippen molar-refractivity contribution in [3.63, 3.8) is 0 Å². The van der Waals surface area contributed by atoms with Crippen LogP contribution in [0.2, 0.25) is 0 Å². The van der Waals surface area contributed by atoms with Crippen molar-refractivity contribution >= 4 is 12.2 Å². The molecule has 0 fully saturated rings. The van der Waals surface area contributed by atoms with Gasteiger partial charge >= 0.3 is 0 Å². The predicted molar refractivity (Wildman–Crippen MR) is 65.1 cm³/mol. The van der Waals surface area contributed by atoms with E-state index in [1.165, 1.54) is 30.4 Å². The van der Waals surface area contributed by atoms with Gasteiger partial charge in [0.2, 0.25) is 0 Å². The van der Waals surface area contributed by atoms with Crippen LogP contribution in [0.1, 0.15) is 37.3 Å². The fraction of sp³-hybridized carbons (Fsp3) is 0.286. The third-order valence-electron chi connectivity index (χ3n) is 2.21. The second-order valence-electron chi connectivity index (χ2n) is 3.42. The molecule has 14 heavy (non-hydrogen) atoms. The van der Waals surface area contributed by atoms with E-state index in [4.69, 9.17) is 0 Å². The average molecular weight is 186 g/mol. The van der Waals surface area contributed by atoms with E-state index in [1.807, 2.05) is 6.08 Å². The van der Waals surface area contributed by atoms with Gasteiger partial charge in [0.05, 0.1) is 0 Å². The summed E-state index contributed by atoms with van der Waals surface area (Å²) < 4.78 is 0. The molecule has 0 bridgehead atoms. The number of allylic oxidation sites excluding steroid dienone is 1. The van der Waals surface area contributed by atoms with E-state index in [0.29, 0.717) is 0 Å². The van der Waals surface area contributed by atoms with Gasteiger partial charge in [0.15, 0.2) is 0 Å². The van der Waals surface area contributed by atoms with Gasteiger partial charge < -0.3 is 0 Å². The summed E-state index contributed by atoms with van der Waals surface area (Å²) in [6.07, 6.45) is 10.0. The Balaban J connectivity index is 2.50. The first kappa shape index (κ1) is 10.8. The molecule has 1 rings (SSSR count). The van der Waals surface area contributed by atoms with Gasteiger partial charge in [-0.1, -0.05) is 68.8 Å². The van der Waals surface area contributed by atoms with E-state index >= 15 is 0 Å². The van der Waals surface area contributed by atoms with Gasteiger partial charge in [0.1, 0.15) is 0 Å². The molecule has 0 heterocycles. The van der Waals surface area contributed by atoms with Crippen molar-refractivity contribution in [2.45, 2.75) is 26.2 Å². The van der Waals surface area contributed by atoms with Crippen molar-refractivity contribution in [2.24, 2.45) is 0 Å². The predicted octanol–water partition coefficient (Wildman–Crippen LogP) is 4.53. The number of benzene rings is 1. The Bertz CT molecular complexity index is 290. The van der Waals surface area contributed by atoms with Crippen LogP contribution in [0.25, 0.3) is 12.2 Å². The van der Waals surface area contributed by atoms with E-state index in [1.54, 1.807) is 0 Å². The monoisotopic (exact) mass is 186 g/mol. The Morgan fingerprint density at radius 3 is 2.36 bits per heavy atom. The summed E-state index contributed by atoms with van der Waals surface area (Å²) in [5.74, 6) is 0. The summed E-state index contributed by atoms with van der Waals surface area (Å²) in [6, 6.07) is 8.43. The van der Waals surface area contributed by atoms with Crippen LogP contribution in [0.3, 0.4) is 0 Å². The molecule has 0 amide bonds. The van der Waals surface area contributed by atoms with Crippen LogP contribution in [0.15, 0.2) is 36.9 Å². The SMILES string of the molecule is C=Cc1ccc(C=CCCCC)cc1. The lowest BCUT2D eigenvalue weighted by Gasteiger charge is -1.95. The van der Waals surface area contributed by atoms with Crippen LogP contribution >= 0.6 is 0 Å². The van der Waals surface area contributed by atoms with E-state index < -0.39 is 0 Å². The zero-order valence-corrected chi connectivity index (χ0v) is 8.87. The fourth-order valence-electron chi connectivity index (χ4n) is 1.28. The minimum Gasteiger partial charge on any atom is -0.0985 e. The summed E-state index contributed by atoms with van der Waals surface area (Å²) in [5.41, 5.74) is 2.45. The van der Waals surface area contributed by atoms with Crippen molar-refractivity contribution in [3.05, 3.63) is 48.0 Å².